The molecule has 0 aliphatic carbocycles. The van der Waals surface area contributed by atoms with Gasteiger partial charge in [0.15, 0.2) is 0 Å². The summed E-state index contributed by atoms with van der Waals surface area (Å²) >= 11 is 11.0. The molecule has 0 atom stereocenters. The van der Waals surface area contributed by atoms with Gasteiger partial charge in [0.1, 0.15) is 0 Å². The fourth-order valence-corrected chi connectivity index (χ4v) is 5.32. The summed E-state index contributed by atoms with van der Waals surface area (Å²) in [6.07, 6.45) is 0. The maximum atomic E-state index is 3.67. The Bertz CT molecular complexity index is 1010. The van der Waals surface area contributed by atoms with Gasteiger partial charge in [-0.2, -0.15) is 0 Å². The van der Waals surface area contributed by atoms with Crippen molar-refractivity contribution in [2.24, 2.45) is 0 Å². The molecule has 30 heavy (non-hydrogen) atoms. The van der Waals surface area contributed by atoms with E-state index in [-0.39, 0.29) is 0 Å². The molecule has 0 aliphatic rings. The van der Waals surface area contributed by atoms with Gasteiger partial charge >= 0.3 is 0 Å². The standard InChI is InChI=1S/C27H21Br3/c28-16-19-7-1-4-10-25(19)22-13-23(26-11-5-2-8-20(26)17-29)15-24(14-22)27-12-6-3-9-21(27)18-30/h1-15H,16-18H2. The Kier molecular flexibility index (Phi) is 7.24. The molecule has 0 fully saturated rings. The Morgan fingerprint density at radius 2 is 0.667 bits per heavy atom. The lowest BCUT2D eigenvalue weighted by Gasteiger charge is -2.16. The molecule has 0 bridgehead atoms. The fraction of sp³-hybridized carbons (Fsp3) is 0.111. The number of benzene rings is 4. The lowest BCUT2D eigenvalue weighted by Crippen LogP contribution is -1.93. The summed E-state index contributed by atoms with van der Waals surface area (Å²) in [5.74, 6) is 0. The quantitative estimate of drug-likeness (QED) is 0.198. The van der Waals surface area contributed by atoms with E-state index < -0.39 is 0 Å². The summed E-state index contributed by atoms with van der Waals surface area (Å²) in [4.78, 5) is 0. The first kappa shape index (κ1) is 21.5. The maximum absolute atomic E-state index is 3.67. The predicted molar refractivity (Wildman–Crippen MR) is 141 cm³/mol. The van der Waals surface area contributed by atoms with Crippen LogP contribution in [-0.2, 0) is 16.0 Å². The fourth-order valence-electron chi connectivity index (χ4n) is 3.85. The van der Waals surface area contributed by atoms with E-state index in [0.717, 1.165) is 16.0 Å². The number of hydrogen-bond acceptors (Lipinski definition) is 0. The minimum absolute atomic E-state index is 0.832. The van der Waals surface area contributed by atoms with Crippen molar-refractivity contribution in [1.29, 1.82) is 0 Å². The molecule has 0 saturated heterocycles. The van der Waals surface area contributed by atoms with Crippen molar-refractivity contribution in [3.05, 3.63) is 108 Å². The van der Waals surface area contributed by atoms with Crippen molar-refractivity contribution in [3.63, 3.8) is 0 Å². The molecule has 0 spiro atoms. The van der Waals surface area contributed by atoms with Gasteiger partial charge in [0.25, 0.3) is 0 Å². The molecule has 0 N–H and O–H groups in total. The first-order chi connectivity index (χ1) is 14.7. The number of hydrogen-bond donors (Lipinski definition) is 0. The van der Waals surface area contributed by atoms with E-state index in [4.69, 9.17) is 0 Å². The number of halogens is 3. The summed E-state index contributed by atoms with van der Waals surface area (Å²) in [5, 5.41) is 2.50. The van der Waals surface area contributed by atoms with Gasteiger partial charge in [0, 0.05) is 16.0 Å². The Hall–Kier alpha value is -1.68. The van der Waals surface area contributed by atoms with Crippen molar-refractivity contribution in [2.45, 2.75) is 16.0 Å². The molecule has 0 aliphatic heterocycles. The third-order valence-electron chi connectivity index (χ3n) is 5.35. The molecule has 0 amide bonds. The second-order valence-corrected chi connectivity index (χ2v) is 8.85. The molecule has 0 nitrogen and oxygen atoms in total. The second-order valence-electron chi connectivity index (χ2n) is 7.17. The third-order valence-corrected chi connectivity index (χ3v) is 7.16. The highest BCUT2D eigenvalue weighted by atomic mass is 79.9. The normalized spacial score (nSPS) is 10.9. The van der Waals surface area contributed by atoms with Gasteiger partial charge in [-0.25, -0.2) is 0 Å². The molecule has 4 rings (SSSR count). The molecule has 0 aromatic heterocycles. The minimum atomic E-state index is 0.832. The van der Waals surface area contributed by atoms with Crippen molar-refractivity contribution < 1.29 is 0 Å². The van der Waals surface area contributed by atoms with E-state index >= 15 is 0 Å². The van der Waals surface area contributed by atoms with Crippen LogP contribution in [0.2, 0.25) is 0 Å². The highest BCUT2D eigenvalue weighted by molar-refractivity contribution is 9.09. The summed E-state index contributed by atoms with van der Waals surface area (Å²) in [7, 11) is 0. The Labute approximate surface area is 203 Å². The van der Waals surface area contributed by atoms with Gasteiger partial charge in [-0.1, -0.05) is 121 Å². The third kappa shape index (κ3) is 4.49. The van der Waals surface area contributed by atoms with Crippen molar-refractivity contribution in [2.75, 3.05) is 0 Å². The van der Waals surface area contributed by atoms with Crippen LogP contribution in [0.25, 0.3) is 33.4 Å². The van der Waals surface area contributed by atoms with Crippen molar-refractivity contribution in [3.8, 4) is 33.4 Å². The molecule has 4 aromatic rings. The summed E-state index contributed by atoms with van der Waals surface area (Å²) < 4.78 is 0. The van der Waals surface area contributed by atoms with Gasteiger partial charge < -0.3 is 0 Å². The zero-order valence-electron chi connectivity index (χ0n) is 16.4. The lowest BCUT2D eigenvalue weighted by molar-refractivity contribution is 1.40. The van der Waals surface area contributed by atoms with Crippen molar-refractivity contribution >= 4 is 47.8 Å². The molecular weight excluding hydrogens is 564 g/mol. The monoisotopic (exact) mass is 582 g/mol. The molecule has 0 radical (unpaired) electrons. The van der Waals surface area contributed by atoms with Crippen LogP contribution in [-0.4, -0.2) is 0 Å². The second kappa shape index (κ2) is 10.1. The van der Waals surface area contributed by atoms with Crippen LogP contribution in [0.5, 0.6) is 0 Å². The lowest BCUT2D eigenvalue weighted by atomic mass is 9.89. The first-order valence-electron chi connectivity index (χ1n) is 9.83. The van der Waals surface area contributed by atoms with E-state index in [1.165, 1.54) is 50.1 Å². The minimum Gasteiger partial charge on any atom is -0.0876 e. The van der Waals surface area contributed by atoms with E-state index in [9.17, 15) is 0 Å². The SMILES string of the molecule is BrCc1ccccc1-c1cc(-c2ccccc2CBr)cc(-c2ccccc2CBr)c1. The van der Waals surface area contributed by atoms with Gasteiger partial charge in [-0.3, -0.25) is 0 Å². The average molecular weight is 585 g/mol. The molecule has 3 heteroatoms. The van der Waals surface area contributed by atoms with Crippen LogP contribution >= 0.6 is 47.8 Å². The number of alkyl halides is 3. The van der Waals surface area contributed by atoms with Gasteiger partial charge in [-0.05, 0) is 68.3 Å². The zero-order chi connectivity index (χ0) is 20.9. The molecule has 0 heterocycles. The van der Waals surface area contributed by atoms with E-state index in [2.05, 4.69) is 139 Å². The van der Waals surface area contributed by atoms with Gasteiger partial charge in [0.2, 0.25) is 0 Å². The predicted octanol–water partition coefficient (Wildman–Crippen LogP) is 9.37. The van der Waals surface area contributed by atoms with Crippen LogP contribution in [0, 0.1) is 0 Å². The highest BCUT2D eigenvalue weighted by Gasteiger charge is 2.13. The zero-order valence-corrected chi connectivity index (χ0v) is 21.2. The summed E-state index contributed by atoms with van der Waals surface area (Å²) in [6.45, 7) is 0. The van der Waals surface area contributed by atoms with Crippen molar-refractivity contribution in [1.82, 2.24) is 0 Å². The number of rotatable bonds is 6. The van der Waals surface area contributed by atoms with Crippen LogP contribution in [0.3, 0.4) is 0 Å². The molecular formula is C27H21Br3. The smallest absolute Gasteiger partial charge is 0.0289 e. The van der Waals surface area contributed by atoms with Gasteiger partial charge in [0.05, 0.1) is 0 Å². The van der Waals surface area contributed by atoms with Crippen LogP contribution in [0.15, 0.2) is 91.0 Å². The maximum Gasteiger partial charge on any atom is 0.0289 e. The molecule has 150 valence electrons. The van der Waals surface area contributed by atoms with E-state index in [1.807, 2.05) is 0 Å². The van der Waals surface area contributed by atoms with Crippen LogP contribution < -0.4 is 0 Å². The summed E-state index contributed by atoms with van der Waals surface area (Å²) in [6, 6.07) is 32.8. The van der Waals surface area contributed by atoms with E-state index in [0.29, 0.717) is 0 Å². The Morgan fingerprint density at radius 3 is 0.933 bits per heavy atom. The van der Waals surface area contributed by atoms with Crippen LogP contribution in [0.1, 0.15) is 16.7 Å². The molecule has 4 aromatic carbocycles. The van der Waals surface area contributed by atoms with E-state index in [1.54, 1.807) is 0 Å². The topological polar surface area (TPSA) is 0 Å². The van der Waals surface area contributed by atoms with Gasteiger partial charge in [-0.15, -0.1) is 0 Å². The average Bonchev–Trinajstić information content (AvgIpc) is 2.83. The molecule has 0 saturated carbocycles. The first-order valence-corrected chi connectivity index (χ1v) is 13.2. The Balaban J connectivity index is 2.00. The Morgan fingerprint density at radius 1 is 0.400 bits per heavy atom. The largest absolute Gasteiger partial charge is 0.0876 e. The van der Waals surface area contributed by atoms with Crippen LogP contribution in [0.4, 0.5) is 0 Å². The summed E-state index contributed by atoms with van der Waals surface area (Å²) in [5.41, 5.74) is 11.4. The molecule has 0 unspecified atom stereocenters. The highest BCUT2D eigenvalue weighted by Crippen LogP contribution is 2.37.